The number of fused-ring (bicyclic) bond motifs is 3. The smallest absolute Gasteiger partial charge is 0.167 e. The van der Waals surface area contributed by atoms with Crippen molar-refractivity contribution in [2.75, 3.05) is 50.4 Å². The number of imidazole rings is 1. The van der Waals surface area contributed by atoms with E-state index in [0.29, 0.717) is 22.0 Å². The maximum atomic E-state index is 6.61. The van der Waals surface area contributed by atoms with E-state index < -0.39 is 0 Å². The normalized spacial score (nSPS) is 15.0. The van der Waals surface area contributed by atoms with Crippen LogP contribution in [0.25, 0.3) is 27.8 Å². The van der Waals surface area contributed by atoms with E-state index in [-0.39, 0.29) is 0 Å². The van der Waals surface area contributed by atoms with Crippen LogP contribution in [0.3, 0.4) is 0 Å². The number of nitrogen functional groups attached to an aromatic ring is 1. The summed E-state index contributed by atoms with van der Waals surface area (Å²) in [4.78, 5) is 16.1. The first-order valence-corrected chi connectivity index (χ1v) is 10.7. The Morgan fingerprint density at radius 1 is 1.23 bits per heavy atom. The molecule has 1 aliphatic heterocycles. The molecule has 0 aliphatic carbocycles. The second-order valence-corrected chi connectivity index (χ2v) is 8.09. The molecular weight excluding hydrogens is 414 g/mol. The second kappa shape index (κ2) is 8.30. The van der Waals surface area contributed by atoms with Crippen LogP contribution in [-0.2, 0) is 4.74 Å². The van der Waals surface area contributed by atoms with E-state index in [1.165, 1.54) is 0 Å². The number of hydrogen-bond acceptors (Lipinski definition) is 7. The van der Waals surface area contributed by atoms with Crippen molar-refractivity contribution in [3.05, 3.63) is 47.4 Å². The van der Waals surface area contributed by atoms with Crippen molar-refractivity contribution >= 4 is 39.9 Å². The Morgan fingerprint density at radius 3 is 2.87 bits per heavy atom. The summed E-state index contributed by atoms with van der Waals surface area (Å²) in [5.74, 6) is 1.18. The summed E-state index contributed by atoms with van der Waals surface area (Å²) in [6, 6.07) is 7.89. The number of aromatic nitrogens is 4. The van der Waals surface area contributed by atoms with Crippen molar-refractivity contribution in [1.29, 1.82) is 0 Å². The van der Waals surface area contributed by atoms with E-state index in [2.05, 4.69) is 20.2 Å². The third-order valence-electron chi connectivity index (χ3n) is 5.67. The Hall–Kier alpha value is -2.94. The zero-order valence-electron chi connectivity index (χ0n) is 17.3. The molecule has 0 bridgehead atoms. The van der Waals surface area contributed by atoms with Crippen LogP contribution in [0, 0.1) is 6.92 Å². The van der Waals surface area contributed by atoms with Gasteiger partial charge < -0.3 is 15.8 Å². The molecule has 0 radical (unpaired) electrons. The topological polar surface area (TPSA) is 93.6 Å². The van der Waals surface area contributed by atoms with Gasteiger partial charge in [0.2, 0.25) is 0 Å². The first kappa shape index (κ1) is 20.0. The lowest BCUT2D eigenvalue weighted by Gasteiger charge is -2.26. The van der Waals surface area contributed by atoms with E-state index in [9.17, 15) is 0 Å². The maximum absolute atomic E-state index is 6.61. The molecule has 3 aromatic heterocycles. The van der Waals surface area contributed by atoms with Crippen LogP contribution in [-0.4, -0.2) is 63.6 Å². The Kier molecular flexibility index (Phi) is 5.35. The maximum Gasteiger partial charge on any atom is 0.167 e. The van der Waals surface area contributed by atoms with Gasteiger partial charge in [0.1, 0.15) is 29.0 Å². The zero-order valence-corrected chi connectivity index (χ0v) is 18.1. The van der Waals surface area contributed by atoms with Crippen LogP contribution >= 0.6 is 11.6 Å². The Balaban J connectivity index is 1.60. The molecule has 1 saturated heterocycles. The fourth-order valence-electron chi connectivity index (χ4n) is 4.05. The van der Waals surface area contributed by atoms with Crippen molar-refractivity contribution < 1.29 is 4.74 Å². The summed E-state index contributed by atoms with van der Waals surface area (Å²) < 4.78 is 7.31. The highest BCUT2D eigenvalue weighted by Gasteiger charge is 2.18. The fraction of sp³-hybridized carbons (Fsp3) is 0.318. The number of nitrogens with zero attached hydrogens (tertiary/aromatic N) is 5. The number of hydrogen-bond donors (Lipinski definition) is 2. The average molecular weight is 438 g/mol. The number of nitrogens with two attached hydrogens (primary N) is 1. The molecular formula is C22H24ClN7O. The van der Waals surface area contributed by atoms with Gasteiger partial charge in [0.25, 0.3) is 0 Å². The standard InChI is InChI=1S/C22H24ClN7O/c1-14-3-2-4-16(23)19(14)15-11-17-22(30-13-25-12-18(30)20(24)27-17)28-21(15)26-5-6-29-7-9-31-10-8-29/h2-4,11-13H,5-10H2,1H3,(H2,24,27)(H,26,28). The van der Waals surface area contributed by atoms with Crippen molar-refractivity contribution in [1.82, 2.24) is 24.3 Å². The predicted octanol–water partition coefficient (Wildman–Crippen LogP) is 3.23. The minimum atomic E-state index is 0.418. The number of benzene rings is 1. The van der Waals surface area contributed by atoms with E-state index in [0.717, 1.165) is 67.4 Å². The predicted molar refractivity (Wildman–Crippen MR) is 124 cm³/mol. The third kappa shape index (κ3) is 3.78. The van der Waals surface area contributed by atoms with Crippen molar-refractivity contribution in [3.63, 3.8) is 0 Å². The van der Waals surface area contributed by atoms with Gasteiger partial charge in [-0.2, -0.15) is 0 Å². The molecule has 0 amide bonds. The minimum Gasteiger partial charge on any atom is -0.382 e. The molecule has 3 N–H and O–H groups in total. The van der Waals surface area contributed by atoms with Crippen molar-refractivity contribution in [3.8, 4) is 11.1 Å². The molecule has 160 valence electrons. The summed E-state index contributed by atoms with van der Waals surface area (Å²) in [7, 11) is 0. The van der Waals surface area contributed by atoms with Gasteiger partial charge >= 0.3 is 0 Å². The second-order valence-electron chi connectivity index (χ2n) is 7.69. The Morgan fingerprint density at radius 2 is 2.06 bits per heavy atom. The molecule has 31 heavy (non-hydrogen) atoms. The molecule has 4 aromatic rings. The number of morpholine rings is 1. The van der Waals surface area contributed by atoms with Gasteiger partial charge in [-0.1, -0.05) is 23.7 Å². The first-order chi connectivity index (χ1) is 15.1. The molecule has 1 aliphatic rings. The largest absolute Gasteiger partial charge is 0.382 e. The molecule has 1 fully saturated rings. The molecule has 0 atom stereocenters. The minimum absolute atomic E-state index is 0.418. The van der Waals surface area contributed by atoms with Crippen LogP contribution in [0.15, 0.2) is 36.8 Å². The lowest BCUT2D eigenvalue weighted by molar-refractivity contribution is 0.0398. The number of rotatable bonds is 5. The number of pyridine rings is 1. The van der Waals surface area contributed by atoms with Gasteiger partial charge in [0.15, 0.2) is 5.65 Å². The van der Waals surface area contributed by atoms with Gasteiger partial charge in [-0.3, -0.25) is 9.30 Å². The van der Waals surface area contributed by atoms with Gasteiger partial charge in [0.05, 0.1) is 19.4 Å². The third-order valence-corrected chi connectivity index (χ3v) is 5.98. The highest BCUT2D eigenvalue weighted by molar-refractivity contribution is 6.33. The number of aryl methyl sites for hydroxylation is 1. The zero-order chi connectivity index (χ0) is 21.4. The van der Waals surface area contributed by atoms with E-state index >= 15 is 0 Å². The SMILES string of the molecule is Cc1cccc(Cl)c1-c1cc2nc(N)c3cncn3c2nc1NCCN1CCOCC1. The molecule has 4 heterocycles. The number of halogens is 1. The van der Waals surface area contributed by atoms with E-state index in [1.54, 1.807) is 12.5 Å². The van der Waals surface area contributed by atoms with E-state index in [1.807, 2.05) is 35.6 Å². The summed E-state index contributed by atoms with van der Waals surface area (Å²) in [6.45, 7) is 7.16. The van der Waals surface area contributed by atoms with Crippen LogP contribution < -0.4 is 11.1 Å². The van der Waals surface area contributed by atoms with E-state index in [4.69, 9.17) is 27.1 Å². The molecule has 9 heteroatoms. The summed E-state index contributed by atoms with van der Waals surface area (Å²) in [5.41, 5.74) is 11.2. The lowest BCUT2D eigenvalue weighted by Crippen LogP contribution is -2.39. The first-order valence-electron chi connectivity index (χ1n) is 10.3. The molecule has 0 unspecified atom stereocenters. The highest BCUT2D eigenvalue weighted by Crippen LogP contribution is 2.37. The van der Waals surface area contributed by atoms with Gasteiger partial charge in [0, 0.05) is 42.3 Å². The summed E-state index contributed by atoms with van der Waals surface area (Å²) in [6.07, 6.45) is 3.40. The molecule has 0 saturated carbocycles. The Labute approximate surface area is 185 Å². The van der Waals surface area contributed by atoms with Crippen LogP contribution in [0.4, 0.5) is 11.6 Å². The molecule has 8 nitrogen and oxygen atoms in total. The fourth-order valence-corrected chi connectivity index (χ4v) is 4.37. The summed E-state index contributed by atoms with van der Waals surface area (Å²) in [5, 5.41) is 4.21. The number of ether oxygens (including phenoxy) is 1. The highest BCUT2D eigenvalue weighted by atomic mass is 35.5. The van der Waals surface area contributed by atoms with Crippen LogP contribution in [0.1, 0.15) is 5.56 Å². The lowest BCUT2D eigenvalue weighted by atomic mass is 10.0. The van der Waals surface area contributed by atoms with Crippen molar-refractivity contribution in [2.45, 2.75) is 6.92 Å². The Bertz CT molecular complexity index is 1230. The van der Waals surface area contributed by atoms with Crippen LogP contribution in [0.5, 0.6) is 0 Å². The quantitative estimate of drug-likeness (QED) is 0.495. The van der Waals surface area contributed by atoms with Gasteiger partial charge in [-0.15, -0.1) is 0 Å². The average Bonchev–Trinajstić information content (AvgIpc) is 3.26. The number of nitrogens with one attached hydrogen (secondary N) is 1. The van der Waals surface area contributed by atoms with Crippen LogP contribution in [0.2, 0.25) is 5.02 Å². The molecule has 1 aromatic carbocycles. The molecule has 0 spiro atoms. The monoisotopic (exact) mass is 437 g/mol. The van der Waals surface area contributed by atoms with Gasteiger partial charge in [-0.25, -0.2) is 15.0 Å². The molecule has 5 rings (SSSR count). The summed E-state index contributed by atoms with van der Waals surface area (Å²) >= 11 is 6.61. The number of anilines is 2. The van der Waals surface area contributed by atoms with Crippen molar-refractivity contribution in [2.24, 2.45) is 0 Å². The van der Waals surface area contributed by atoms with Gasteiger partial charge in [-0.05, 0) is 24.6 Å².